The summed E-state index contributed by atoms with van der Waals surface area (Å²) in [6.45, 7) is 2.06. The zero-order valence-electron chi connectivity index (χ0n) is 9.66. The summed E-state index contributed by atoms with van der Waals surface area (Å²) in [4.78, 5) is 3.36. The van der Waals surface area contributed by atoms with Gasteiger partial charge in [-0.25, -0.2) is 0 Å². The van der Waals surface area contributed by atoms with Crippen molar-refractivity contribution in [1.82, 2.24) is 5.73 Å². The van der Waals surface area contributed by atoms with Crippen molar-refractivity contribution in [2.75, 3.05) is 24.7 Å². The predicted octanol–water partition coefficient (Wildman–Crippen LogP) is 2.91. The Hall–Kier alpha value is -0.670. The monoisotopic (exact) mass is 223 g/mol. The molecule has 0 aromatic heterocycles. The summed E-state index contributed by atoms with van der Waals surface area (Å²) >= 11 is 1.77. The van der Waals surface area contributed by atoms with Crippen molar-refractivity contribution in [2.24, 2.45) is 0 Å². The number of hydrogen-bond acceptors (Lipinski definition) is 2. The Morgan fingerprint density at radius 3 is 2.73 bits per heavy atom. The molecule has 1 atom stereocenters. The average molecular weight is 223 g/mol. The molecule has 83 valence electrons. The van der Waals surface area contributed by atoms with E-state index < -0.39 is 0 Å². The van der Waals surface area contributed by atoms with Gasteiger partial charge in [0.2, 0.25) is 0 Å². The van der Waals surface area contributed by atoms with E-state index in [-0.39, 0.29) is 6.04 Å². The first-order valence-electron chi connectivity index (χ1n) is 5.24. The quantitative estimate of drug-likeness (QED) is 0.718. The van der Waals surface area contributed by atoms with Gasteiger partial charge in [0.25, 0.3) is 0 Å². The molecule has 0 amide bonds. The van der Waals surface area contributed by atoms with Crippen molar-refractivity contribution in [3.05, 3.63) is 24.3 Å². The van der Waals surface area contributed by atoms with Crippen LogP contribution in [0.1, 0.15) is 13.3 Å². The molecule has 3 heteroatoms. The molecule has 0 aliphatic carbocycles. The molecule has 0 spiro atoms. The third-order valence-electron chi connectivity index (χ3n) is 2.28. The van der Waals surface area contributed by atoms with Gasteiger partial charge in [-0.3, -0.25) is 5.73 Å². The summed E-state index contributed by atoms with van der Waals surface area (Å²) < 4.78 is 0. The van der Waals surface area contributed by atoms with Crippen LogP contribution in [-0.2, 0) is 0 Å². The molecule has 0 heterocycles. The Bertz CT molecular complexity index is 299. The zero-order chi connectivity index (χ0) is 11.3. The molecule has 0 unspecified atom stereocenters. The van der Waals surface area contributed by atoms with Gasteiger partial charge in [0.05, 0.1) is 0 Å². The molecule has 0 saturated carbocycles. The Labute approximate surface area is 96.8 Å². The third-order valence-corrected chi connectivity index (χ3v) is 3.43. The van der Waals surface area contributed by atoms with Crippen LogP contribution in [0.4, 0.5) is 5.69 Å². The van der Waals surface area contributed by atoms with Crippen LogP contribution in [0.25, 0.3) is 0 Å². The number of hydrogen-bond donors (Lipinski definition) is 0. The molecule has 1 N–H and O–H groups in total. The molecular formula is C12H19N2S. The van der Waals surface area contributed by atoms with E-state index >= 15 is 0 Å². The topological polar surface area (TPSA) is 27.0 Å². The van der Waals surface area contributed by atoms with Gasteiger partial charge in [-0.1, -0.05) is 13.0 Å². The van der Waals surface area contributed by atoms with E-state index in [1.165, 1.54) is 10.6 Å². The van der Waals surface area contributed by atoms with Gasteiger partial charge in [0, 0.05) is 36.5 Å². The fourth-order valence-corrected chi connectivity index (χ4v) is 2.17. The van der Waals surface area contributed by atoms with E-state index in [9.17, 15) is 0 Å². The Morgan fingerprint density at radius 1 is 1.40 bits per heavy atom. The summed E-state index contributed by atoms with van der Waals surface area (Å²) in [5, 5.41) is 0. The van der Waals surface area contributed by atoms with Crippen LogP contribution in [-0.4, -0.2) is 25.9 Å². The summed E-state index contributed by atoms with van der Waals surface area (Å²) in [5.74, 6) is 0.882. The van der Waals surface area contributed by atoms with E-state index in [1.54, 1.807) is 11.8 Å². The van der Waals surface area contributed by atoms with E-state index in [0.29, 0.717) is 0 Å². The smallest absolute Gasteiger partial charge is 0.0372 e. The molecule has 1 radical (unpaired) electrons. The lowest BCUT2D eigenvalue weighted by molar-refractivity contribution is 0.702. The molecule has 0 saturated heterocycles. The number of nitrogens with zero attached hydrogens (tertiary/aromatic N) is 1. The number of thioether (sulfide) groups is 1. The second-order valence-electron chi connectivity index (χ2n) is 3.81. The van der Waals surface area contributed by atoms with Gasteiger partial charge in [0.15, 0.2) is 0 Å². The Balaban J connectivity index is 2.58. The fourth-order valence-electron chi connectivity index (χ4n) is 1.17. The molecule has 2 nitrogen and oxygen atoms in total. The molecule has 0 aliphatic rings. The minimum absolute atomic E-state index is 0.0537. The molecule has 0 aliphatic heterocycles. The van der Waals surface area contributed by atoms with Gasteiger partial charge in [-0.2, -0.15) is 0 Å². The maximum Gasteiger partial charge on any atom is 0.0372 e. The van der Waals surface area contributed by atoms with Crippen molar-refractivity contribution in [3.8, 4) is 0 Å². The average Bonchev–Trinajstić information content (AvgIpc) is 2.26. The predicted molar refractivity (Wildman–Crippen MR) is 68.7 cm³/mol. The van der Waals surface area contributed by atoms with Crippen molar-refractivity contribution in [1.29, 1.82) is 0 Å². The minimum Gasteiger partial charge on any atom is -0.378 e. The lowest BCUT2D eigenvalue weighted by Gasteiger charge is -2.14. The van der Waals surface area contributed by atoms with Crippen LogP contribution in [0.3, 0.4) is 0 Å². The van der Waals surface area contributed by atoms with Crippen molar-refractivity contribution in [3.63, 3.8) is 0 Å². The first-order valence-corrected chi connectivity index (χ1v) is 6.23. The van der Waals surface area contributed by atoms with Crippen LogP contribution < -0.4 is 10.6 Å². The van der Waals surface area contributed by atoms with Crippen LogP contribution in [0.5, 0.6) is 0 Å². The van der Waals surface area contributed by atoms with E-state index in [1.807, 2.05) is 14.1 Å². The second kappa shape index (κ2) is 6.03. The summed E-state index contributed by atoms with van der Waals surface area (Å²) in [5.41, 5.74) is 8.90. The fraction of sp³-hybridized carbons (Fsp3) is 0.500. The second-order valence-corrected chi connectivity index (χ2v) is 4.90. The van der Waals surface area contributed by atoms with Gasteiger partial charge < -0.3 is 4.90 Å². The minimum atomic E-state index is 0.0537. The summed E-state index contributed by atoms with van der Waals surface area (Å²) in [7, 11) is 4.09. The highest BCUT2D eigenvalue weighted by atomic mass is 32.2. The van der Waals surface area contributed by atoms with Gasteiger partial charge in [-0.05, 0) is 24.6 Å². The van der Waals surface area contributed by atoms with Crippen LogP contribution in [0, 0.1) is 0 Å². The number of nitrogens with one attached hydrogen (secondary N) is 1. The van der Waals surface area contributed by atoms with E-state index in [2.05, 4.69) is 36.1 Å². The van der Waals surface area contributed by atoms with E-state index in [4.69, 9.17) is 5.73 Å². The maximum absolute atomic E-state index is 7.68. The molecule has 1 aromatic rings. The largest absolute Gasteiger partial charge is 0.378 e. The molecule has 1 rings (SSSR count). The first-order chi connectivity index (χ1) is 7.13. The third kappa shape index (κ3) is 4.14. The van der Waals surface area contributed by atoms with Crippen molar-refractivity contribution < 1.29 is 0 Å². The van der Waals surface area contributed by atoms with Crippen molar-refractivity contribution in [2.45, 2.75) is 24.3 Å². The maximum atomic E-state index is 7.68. The van der Waals surface area contributed by atoms with Gasteiger partial charge >= 0.3 is 0 Å². The van der Waals surface area contributed by atoms with Crippen LogP contribution >= 0.6 is 11.8 Å². The highest BCUT2D eigenvalue weighted by molar-refractivity contribution is 7.99. The zero-order valence-corrected chi connectivity index (χ0v) is 10.5. The number of benzene rings is 1. The van der Waals surface area contributed by atoms with Crippen LogP contribution in [0.2, 0.25) is 0 Å². The van der Waals surface area contributed by atoms with Crippen molar-refractivity contribution >= 4 is 17.4 Å². The summed E-state index contributed by atoms with van der Waals surface area (Å²) in [6, 6.07) is 8.51. The highest BCUT2D eigenvalue weighted by Crippen LogP contribution is 2.23. The van der Waals surface area contributed by atoms with Crippen LogP contribution in [0.15, 0.2) is 29.2 Å². The van der Waals surface area contributed by atoms with Gasteiger partial charge in [0.1, 0.15) is 0 Å². The molecule has 1 aromatic carbocycles. The normalized spacial score (nSPS) is 12.5. The summed E-state index contributed by atoms with van der Waals surface area (Å²) in [6.07, 6.45) is 0.931. The number of rotatable bonds is 5. The lowest BCUT2D eigenvalue weighted by atomic mass is 10.3. The molecule has 0 bridgehead atoms. The number of anilines is 1. The highest BCUT2D eigenvalue weighted by Gasteiger charge is 2.02. The molecule has 0 fully saturated rings. The standard InChI is InChI=1S/C12H19N2S/c1-4-10(13)9-15-12-7-5-6-11(8-12)14(2)3/h5-8,10,13H,4,9H2,1-3H3/t10-/m1/s1. The SMILES string of the molecule is CC[C@@H]([NH])CSc1cccc(N(C)C)c1. The van der Waals surface area contributed by atoms with Gasteiger partial charge in [-0.15, -0.1) is 11.8 Å². The first kappa shape index (κ1) is 12.4. The molecule has 15 heavy (non-hydrogen) atoms. The van der Waals surface area contributed by atoms with E-state index in [0.717, 1.165) is 12.2 Å². The Morgan fingerprint density at radius 2 is 2.13 bits per heavy atom. The Kier molecular flexibility index (Phi) is 4.99. The lowest BCUT2D eigenvalue weighted by Crippen LogP contribution is -2.10. The molecular weight excluding hydrogens is 204 g/mol.